The van der Waals surface area contributed by atoms with Gasteiger partial charge in [-0.2, -0.15) is 5.09 Å². The molecule has 12 nitrogen and oxygen atoms in total. The van der Waals surface area contributed by atoms with E-state index in [-0.39, 0.29) is 24.3 Å². The first kappa shape index (κ1) is 29.0. The third kappa shape index (κ3) is 7.69. The molecule has 2 aromatic rings. The van der Waals surface area contributed by atoms with Crippen molar-refractivity contribution in [2.45, 2.75) is 44.7 Å². The van der Waals surface area contributed by atoms with Crippen LogP contribution in [0.2, 0.25) is 0 Å². The Morgan fingerprint density at radius 1 is 1.41 bits per heavy atom. The number of hydrogen-bond donors (Lipinski definition) is 3. The highest BCUT2D eigenvalue weighted by molar-refractivity contribution is 9.11. The molecule has 37 heavy (non-hydrogen) atoms. The fourth-order valence-electron chi connectivity index (χ4n) is 3.39. The predicted octanol–water partition coefficient (Wildman–Crippen LogP) is 2.43. The van der Waals surface area contributed by atoms with E-state index in [1.54, 1.807) is 6.92 Å². The van der Waals surface area contributed by atoms with E-state index in [9.17, 15) is 28.4 Å². The van der Waals surface area contributed by atoms with Crippen LogP contribution in [-0.4, -0.2) is 52.1 Å². The van der Waals surface area contributed by atoms with Crippen molar-refractivity contribution in [1.82, 2.24) is 14.6 Å². The zero-order chi connectivity index (χ0) is 27.2. The Balaban J connectivity index is 1.76. The number of hydrogen-bond acceptors (Lipinski definition) is 9. The van der Waals surface area contributed by atoms with Crippen LogP contribution in [0.5, 0.6) is 5.75 Å². The lowest BCUT2D eigenvalue weighted by atomic mass is 10.2. The lowest BCUT2D eigenvalue weighted by molar-refractivity contribution is -0.144. The average molecular weight is 606 g/mol. The summed E-state index contributed by atoms with van der Waals surface area (Å²) < 4.78 is 49.5. The molecule has 202 valence electrons. The number of aliphatic hydroxyl groups excluding tert-OH is 1. The molecular formula is C22H26BrFN3O9P. The molecule has 3 N–H and O–H groups in total. The largest absolute Gasteiger partial charge is 0.465 e. The Morgan fingerprint density at radius 3 is 2.76 bits per heavy atom. The molecule has 0 spiro atoms. The van der Waals surface area contributed by atoms with Crippen molar-refractivity contribution in [2.24, 2.45) is 0 Å². The Labute approximate surface area is 219 Å². The second-order valence-corrected chi connectivity index (χ2v) is 10.1. The number of ether oxygens (including phenoxy) is 2. The van der Waals surface area contributed by atoms with Crippen molar-refractivity contribution in [2.75, 3.05) is 13.2 Å². The topological polar surface area (TPSA) is 158 Å². The van der Waals surface area contributed by atoms with Gasteiger partial charge in [0.15, 0.2) is 0 Å². The Morgan fingerprint density at radius 2 is 2.11 bits per heavy atom. The van der Waals surface area contributed by atoms with Crippen LogP contribution in [-0.2, 0) is 23.4 Å². The smallest absolute Gasteiger partial charge is 0.459 e. The van der Waals surface area contributed by atoms with Gasteiger partial charge in [-0.1, -0.05) is 15.9 Å². The van der Waals surface area contributed by atoms with Crippen molar-refractivity contribution in [3.63, 3.8) is 0 Å². The number of esters is 1. The van der Waals surface area contributed by atoms with Gasteiger partial charge in [-0.15, -0.1) is 0 Å². The third-order valence-electron chi connectivity index (χ3n) is 5.19. The quantitative estimate of drug-likeness (QED) is 0.256. The minimum absolute atomic E-state index is 0.00812. The second kappa shape index (κ2) is 12.8. The summed E-state index contributed by atoms with van der Waals surface area (Å²) in [4.78, 5) is 39.9. The standard InChI is InChI=1S/C22H26BrFN3O9P/c1-3-33-21(30)13(2)26-37(32,36-16-6-4-15(24)5-7-16)34-12-18-17(28)10-19(35-18)27-11-14(8-9-23)20(29)25-22(27)31/h4-9,11,13,17-19,28H,3,10,12H2,1-2H3,(H,26,32)(H,25,29,31)/b9-8+/t13-,17+,18?,19+,37?/m0/s1. The fraction of sp³-hybridized carbons (Fsp3) is 0.409. The van der Waals surface area contributed by atoms with Crippen molar-refractivity contribution in [3.05, 3.63) is 67.7 Å². The van der Waals surface area contributed by atoms with Gasteiger partial charge in [-0.3, -0.25) is 23.7 Å². The summed E-state index contributed by atoms with van der Waals surface area (Å²) in [6.45, 7) is 2.62. The van der Waals surface area contributed by atoms with Gasteiger partial charge in [-0.05, 0) is 49.2 Å². The number of H-pyrrole nitrogens is 1. The van der Waals surface area contributed by atoms with Crippen LogP contribution >= 0.6 is 23.7 Å². The van der Waals surface area contributed by atoms with Crippen LogP contribution < -0.4 is 20.9 Å². The summed E-state index contributed by atoms with van der Waals surface area (Å²) in [6.07, 6.45) is -0.471. The van der Waals surface area contributed by atoms with Gasteiger partial charge in [0, 0.05) is 12.6 Å². The molecule has 1 aromatic carbocycles. The van der Waals surface area contributed by atoms with Gasteiger partial charge in [0.1, 0.15) is 29.9 Å². The molecule has 15 heteroatoms. The molecule has 0 radical (unpaired) electrons. The van der Waals surface area contributed by atoms with E-state index >= 15 is 0 Å². The van der Waals surface area contributed by atoms with E-state index in [0.29, 0.717) is 0 Å². The molecule has 2 unspecified atom stereocenters. The van der Waals surface area contributed by atoms with Crippen molar-refractivity contribution in [3.8, 4) is 5.75 Å². The van der Waals surface area contributed by atoms with Gasteiger partial charge in [0.05, 0.1) is 24.9 Å². The number of aromatic nitrogens is 2. The summed E-state index contributed by atoms with van der Waals surface area (Å²) in [5, 5.41) is 13.0. The molecule has 0 aliphatic carbocycles. The zero-order valence-corrected chi connectivity index (χ0v) is 22.3. The maximum atomic E-state index is 13.5. The summed E-state index contributed by atoms with van der Waals surface area (Å²) in [7, 11) is -4.29. The number of aliphatic hydroxyl groups is 1. The highest BCUT2D eigenvalue weighted by Crippen LogP contribution is 2.46. The third-order valence-corrected chi connectivity index (χ3v) is 7.10. The van der Waals surface area contributed by atoms with Gasteiger partial charge in [0.25, 0.3) is 5.56 Å². The molecule has 2 heterocycles. The molecule has 5 atom stereocenters. The van der Waals surface area contributed by atoms with E-state index < -0.39 is 61.9 Å². The molecule has 1 saturated heterocycles. The molecule has 1 aliphatic heterocycles. The van der Waals surface area contributed by atoms with Crippen LogP contribution in [0.3, 0.4) is 0 Å². The number of halogens is 2. The summed E-state index contributed by atoms with van der Waals surface area (Å²) in [5.41, 5.74) is -1.18. The molecule has 0 saturated carbocycles. The highest BCUT2D eigenvalue weighted by Gasteiger charge is 2.39. The molecule has 3 rings (SSSR count). The monoisotopic (exact) mass is 605 g/mol. The SMILES string of the molecule is CCOC(=O)[C@H](C)NP(=O)(OCC1O[C@@H](n2cc(/C=C/Br)c(=O)[nH]c2=O)C[C@H]1O)Oc1ccc(F)cc1. The Kier molecular flexibility index (Phi) is 9.99. The van der Waals surface area contributed by atoms with Crippen LogP contribution in [0.15, 0.2) is 45.0 Å². The average Bonchev–Trinajstić information content (AvgIpc) is 3.21. The first-order valence-corrected chi connectivity index (χ1v) is 13.6. The number of nitrogens with one attached hydrogen (secondary N) is 2. The second-order valence-electron chi connectivity index (χ2n) is 7.92. The van der Waals surface area contributed by atoms with Gasteiger partial charge in [0.2, 0.25) is 0 Å². The summed E-state index contributed by atoms with van der Waals surface area (Å²) in [5.74, 6) is -1.26. The fourth-order valence-corrected chi connectivity index (χ4v) is 5.18. The molecule has 0 bridgehead atoms. The van der Waals surface area contributed by atoms with Crippen LogP contribution in [0.1, 0.15) is 32.1 Å². The zero-order valence-electron chi connectivity index (χ0n) is 19.8. The first-order valence-electron chi connectivity index (χ1n) is 11.1. The van der Waals surface area contributed by atoms with E-state index in [1.165, 1.54) is 36.3 Å². The molecule has 1 fully saturated rings. The number of carbonyl (C=O) groups excluding carboxylic acids is 1. The van der Waals surface area contributed by atoms with Crippen LogP contribution in [0, 0.1) is 5.82 Å². The van der Waals surface area contributed by atoms with Crippen LogP contribution in [0.25, 0.3) is 6.08 Å². The number of carbonyl (C=O) groups is 1. The van der Waals surface area contributed by atoms with E-state index in [4.69, 9.17) is 18.5 Å². The lowest BCUT2D eigenvalue weighted by Crippen LogP contribution is -2.36. The van der Waals surface area contributed by atoms with Gasteiger partial charge >= 0.3 is 19.4 Å². The number of aromatic amines is 1. The molecular weight excluding hydrogens is 580 g/mol. The maximum absolute atomic E-state index is 13.5. The summed E-state index contributed by atoms with van der Waals surface area (Å²) >= 11 is 3.07. The van der Waals surface area contributed by atoms with Crippen molar-refractivity contribution >= 4 is 35.7 Å². The van der Waals surface area contributed by atoms with Gasteiger partial charge < -0.3 is 19.1 Å². The van der Waals surface area contributed by atoms with Crippen molar-refractivity contribution in [1.29, 1.82) is 0 Å². The van der Waals surface area contributed by atoms with E-state index in [1.807, 2.05) is 0 Å². The molecule has 1 aliphatic rings. The molecule has 1 aromatic heterocycles. The highest BCUT2D eigenvalue weighted by atomic mass is 79.9. The Bertz CT molecular complexity index is 1280. The first-order chi connectivity index (χ1) is 17.5. The van der Waals surface area contributed by atoms with E-state index in [0.717, 1.165) is 16.7 Å². The van der Waals surface area contributed by atoms with Gasteiger partial charge in [-0.25, -0.2) is 13.8 Å². The van der Waals surface area contributed by atoms with Crippen molar-refractivity contribution < 1.29 is 37.4 Å². The minimum Gasteiger partial charge on any atom is -0.465 e. The number of benzene rings is 1. The minimum atomic E-state index is -4.29. The van der Waals surface area contributed by atoms with Crippen LogP contribution in [0.4, 0.5) is 4.39 Å². The maximum Gasteiger partial charge on any atom is 0.459 e. The Hall–Kier alpha value is -2.61. The molecule has 0 amide bonds. The summed E-state index contributed by atoms with van der Waals surface area (Å²) in [6, 6.07) is 3.52. The lowest BCUT2D eigenvalue weighted by Gasteiger charge is -2.24. The number of nitrogens with zero attached hydrogens (tertiary/aromatic N) is 1. The number of rotatable bonds is 11. The normalized spacial score (nSPS) is 22.0. The van der Waals surface area contributed by atoms with E-state index in [2.05, 4.69) is 26.0 Å². The predicted molar refractivity (Wildman–Crippen MR) is 134 cm³/mol.